The lowest BCUT2D eigenvalue weighted by Crippen LogP contribution is -2.39. The lowest BCUT2D eigenvalue weighted by atomic mass is 10.0. The maximum absolute atomic E-state index is 9.88. The molecule has 1 unspecified atom stereocenters. The van der Waals surface area contributed by atoms with Crippen LogP contribution in [0.5, 0.6) is 0 Å². The summed E-state index contributed by atoms with van der Waals surface area (Å²) in [6, 6.07) is 9.95. The van der Waals surface area contributed by atoms with Crippen molar-refractivity contribution in [2.24, 2.45) is 0 Å². The van der Waals surface area contributed by atoms with Crippen molar-refractivity contribution in [1.29, 1.82) is 0 Å². The molecule has 18 heavy (non-hydrogen) atoms. The lowest BCUT2D eigenvalue weighted by molar-refractivity contribution is 0.0649. The van der Waals surface area contributed by atoms with Crippen LogP contribution in [-0.2, 0) is 0 Å². The summed E-state index contributed by atoms with van der Waals surface area (Å²) >= 11 is 0. The fourth-order valence-electron chi connectivity index (χ4n) is 1.59. The lowest BCUT2D eigenvalue weighted by Gasteiger charge is -2.27. The minimum Gasteiger partial charge on any atom is -0.388 e. The number of aromatic nitrogens is 2. The maximum Gasteiger partial charge on any atom is 0.0789 e. The fraction of sp³-hybridized carbons (Fsp3) is 0.357. The number of rotatable bonds is 4. The monoisotopic (exact) mass is 245 g/mol. The van der Waals surface area contributed by atoms with Gasteiger partial charge in [-0.25, -0.2) is 0 Å². The number of benzene rings is 1. The van der Waals surface area contributed by atoms with Gasteiger partial charge < -0.3 is 10.4 Å². The van der Waals surface area contributed by atoms with Crippen molar-refractivity contribution in [3.8, 4) is 11.3 Å². The van der Waals surface area contributed by atoms with Crippen molar-refractivity contribution in [3.63, 3.8) is 0 Å². The van der Waals surface area contributed by atoms with Gasteiger partial charge in [0.2, 0.25) is 0 Å². The molecule has 1 aromatic heterocycles. The van der Waals surface area contributed by atoms with Crippen LogP contribution in [0, 0.1) is 0 Å². The predicted molar refractivity (Wildman–Crippen MR) is 73.4 cm³/mol. The molecule has 0 aliphatic heterocycles. The SMILES string of the molecule is CC(Nc1ccc(-c2ccn[nH]2)cc1)C(C)(C)O. The molecule has 1 heterocycles. The van der Waals surface area contributed by atoms with Crippen molar-refractivity contribution in [1.82, 2.24) is 10.2 Å². The standard InChI is InChI=1S/C14H19N3O/c1-10(14(2,3)18)16-12-6-4-11(5-7-12)13-8-9-15-17-13/h4-10,16,18H,1-3H3,(H,15,17). The molecule has 0 radical (unpaired) electrons. The third-order valence-electron chi connectivity index (χ3n) is 3.14. The second kappa shape index (κ2) is 4.82. The zero-order valence-electron chi connectivity index (χ0n) is 10.9. The molecule has 96 valence electrons. The topological polar surface area (TPSA) is 60.9 Å². The average molecular weight is 245 g/mol. The number of aromatic amines is 1. The Balaban J connectivity index is 2.09. The van der Waals surface area contributed by atoms with Gasteiger partial charge in [0.15, 0.2) is 0 Å². The number of hydrogen-bond acceptors (Lipinski definition) is 3. The second-order valence-electron chi connectivity index (χ2n) is 5.07. The zero-order valence-corrected chi connectivity index (χ0v) is 10.9. The van der Waals surface area contributed by atoms with Crippen LogP contribution < -0.4 is 5.32 Å². The first kappa shape index (κ1) is 12.6. The van der Waals surface area contributed by atoms with Crippen LogP contribution in [0.4, 0.5) is 5.69 Å². The molecule has 0 aliphatic carbocycles. The molecule has 1 atom stereocenters. The van der Waals surface area contributed by atoms with Gasteiger partial charge in [0.1, 0.15) is 0 Å². The van der Waals surface area contributed by atoms with Crippen LogP contribution in [0.3, 0.4) is 0 Å². The van der Waals surface area contributed by atoms with Gasteiger partial charge in [-0.1, -0.05) is 12.1 Å². The Morgan fingerprint density at radius 1 is 1.22 bits per heavy atom. The van der Waals surface area contributed by atoms with Crippen molar-refractivity contribution < 1.29 is 5.11 Å². The maximum atomic E-state index is 9.88. The van der Waals surface area contributed by atoms with E-state index in [1.54, 1.807) is 20.0 Å². The van der Waals surface area contributed by atoms with E-state index in [1.165, 1.54) is 0 Å². The number of H-pyrrole nitrogens is 1. The summed E-state index contributed by atoms with van der Waals surface area (Å²) in [6.45, 7) is 5.55. The minimum atomic E-state index is -0.748. The summed E-state index contributed by atoms with van der Waals surface area (Å²) in [4.78, 5) is 0. The summed E-state index contributed by atoms with van der Waals surface area (Å²) in [7, 11) is 0. The summed E-state index contributed by atoms with van der Waals surface area (Å²) in [5, 5.41) is 20.0. The highest BCUT2D eigenvalue weighted by Gasteiger charge is 2.21. The van der Waals surface area contributed by atoms with E-state index in [0.29, 0.717) is 0 Å². The highest BCUT2D eigenvalue weighted by Crippen LogP contribution is 2.21. The second-order valence-corrected chi connectivity index (χ2v) is 5.07. The third kappa shape index (κ3) is 2.90. The molecule has 0 bridgehead atoms. The van der Waals surface area contributed by atoms with Gasteiger partial charge in [0.25, 0.3) is 0 Å². The molecular weight excluding hydrogens is 226 g/mol. The molecule has 0 saturated carbocycles. The normalized spacial score (nSPS) is 13.3. The number of anilines is 1. The first-order chi connectivity index (χ1) is 8.47. The van der Waals surface area contributed by atoms with Crippen LogP contribution in [-0.4, -0.2) is 26.9 Å². The highest BCUT2D eigenvalue weighted by atomic mass is 16.3. The van der Waals surface area contributed by atoms with E-state index >= 15 is 0 Å². The first-order valence-corrected chi connectivity index (χ1v) is 6.05. The number of nitrogens with one attached hydrogen (secondary N) is 2. The van der Waals surface area contributed by atoms with Gasteiger partial charge in [-0.3, -0.25) is 5.10 Å². The van der Waals surface area contributed by atoms with Gasteiger partial charge in [0, 0.05) is 11.9 Å². The minimum absolute atomic E-state index is 0.0181. The van der Waals surface area contributed by atoms with Crippen molar-refractivity contribution >= 4 is 5.69 Å². The molecule has 2 rings (SSSR count). The highest BCUT2D eigenvalue weighted by molar-refractivity contribution is 5.62. The Kier molecular flexibility index (Phi) is 3.39. The van der Waals surface area contributed by atoms with Crippen LogP contribution in [0.1, 0.15) is 20.8 Å². The quantitative estimate of drug-likeness (QED) is 0.776. The van der Waals surface area contributed by atoms with E-state index in [9.17, 15) is 5.11 Å². The number of nitrogens with zero attached hydrogens (tertiary/aromatic N) is 1. The van der Waals surface area contributed by atoms with Crippen LogP contribution in [0.15, 0.2) is 36.5 Å². The van der Waals surface area contributed by atoms with Crippen LogP contribution >= 0.6 is 0 Å². The molecule has 0 fully saturated rings. The molecule has 0 saturated heterocycles. The summed E-state index contributed by atoms with van der Waals surface area (Å²) in [5.74, 6) is 0. The summed E-state index contributed by atoms with van der Waals surface area (Å²) in [5.41, 5.74) is 2.33. The first-order valence-electron chi connectivity index (χ1n) is 6.05. The third-order valence-corrected chi connectivity index (χ3v) is 3.14. The smallest absolute Gasteiger partial charge is 0.0789 e. The van der Waals surface area contributed by atoms with E-state index in [-0.39, 0.29) is 6.04 Å². The largest absolute Gasteiger partial charge is 0.388 e. The summed E-state index contributed by atoms with van der Waals surface area (Å²) in [6.07, 6.45) is 1.73. The molecule has 0 amide bonds. The van der Waals surface area contributed by atoms with Crippen LogP contribution in [0.2, 0.25) is 0 Å². The molecule has 2 aromatic rings. The number of aliphatic hydroxyl groups is 1. The average Bonchev–Trinajstić information content (AvgIpc) is 2.82. The van der Waals surface area contributed by atoms with Gasteiger partial charge >= 0.3 is 0 Å². The van der Waals surface area contributed by atoms with E-state index < -0.39 is 5.60 Å². The molecule has 1 aromatic carbocycles. The van der Waals surface area contributed by atoms with E-state index in [1.807, 2.05) is 37.3 Å². The van der Waals surface area contributed by atoms with E-state index in [2.05, 4.69) is 15.5 Å². The number of hydrogen-bond donors (Lipinski definition) is 3. The van der Waals surface area contributed by atoms with Crippen molar-refractivity contribution in [2.75, 3.05) is 5.32 Å². The van der Waals surface area contributed by atoms with Crippen LogP contribution in [0.25, 0.3) is 11.3 Å². The Morgan fingerprint density at radius 3 is 2.39 bits per heavy atom. The Hall–Kier alpha value is -1.81. The van der Waals surface area contributed by atoms with Gasteiger partial charge in [-0.15, -0.1) is 0 Å². The van der Waals surface area contributed by atoms with E-state index in [4.69, 9.17) is 0 Å². The molecule has 3 N–H and O–H groups in total. The Morgan fingerprint density at radius 2 is 1.89 bits per heavy atom. The molecule has 4 heteroatoms. The van der Waals surface area contributed by atoms with E-state index in [0.717, 1.165) is 16.9 Å². The molecule has 4 nitrogen and oxygen atoms in total. The fourth-order valence-corrected chi connectivity index (χ4v) is 1.59. The molecular formula is C14H19N3O. The summed E-state index contributed by atoms with van der Waals surface area (Å²) < 4.78 is 0. The van der Waals surface area contributed by atoms with Gasteiger partial charge in [0.05, 0.1) is 17.3 Å². The Bertz CT molecular complexity index is 483. The predicted octanol–water partition coefficient (Wildman–Crippen LogP) is 2.65. The van der Waals surface area contributed by atoms with Gasteiger partial charge in [-0.05, 0) is 44.5 Å². The van der Waals surface area contributed by atoms with Crippen molar-refractivity contribution in [3.05, 3.63) is 36.5 Å². The van der Waals surface area contributed by atoms with Crippen molar-refractivity contribution in [2.45, 2.75) is 32.4 Å². The van der Waals surface area contributed by atoms with Gasteiger partial charge in [-0.2, -0.15) is 5.10 Å². The Labute approximate surface area is 107 Å². The zero-order chi connectivity index (χ0) is 13.2. The molecule has 0 aliphatic rings. The molecule has 0 spiro atoms.